The van der Waals surface area contributed by atoms with Crippen LogP contribution in [0.25, 0.3) is 22.6 Å². The van der Waals surface area contributed by atoms with Crippen LogP contribution in [0.15, 0.2) is 71.3 Å². The average Bonchev–Trinajstić information content (AvgIpc) is 3.52. The summed E-state index contributed by atoms with van der Waals surface area (Å²) in [4.78, 5) is 41.0. The maximum Gasteiger partial charge on any atom is 0.339 e. The van der Waals surface area contributed by atoms with E-state index in [1.54, 1.807) is 24.5 Å². The van der Waals surface area contributed by atoms with Crippen molar-refractivity contribution in [3.8, 4) is 0 Å². The van der Waals surface area contributed by atoms with Gasteiger partial charge in [-0.05, 0) is 54.3 Å². The summed E-state index contributed by atoms with van der Waals surface area (Å²) in [6.07, 6.45) is 4.77. The molecule has 0 bridgehead atoms. The topological polar surface area (TPSA) is 125 Å². The van der Waals surface area contributed by atoms with Crippen LogP contribution >= 0.6 is 0 Å². The van der Waals surface area contributed by atoms with Crippen molar-refractivity contribution >= 4 is 45.8 Å². The molecule has 4 aromatic rings. The predicted octanol–water partition coefficient (Wildman–Crippen LogP) is 5.02. The molecule has 2 aromatic heterocycles. The third kappa shape index (κ3) is 4.39. The smallest absolute Gasteiger partial charge is 0.339 e. The molecule has 1 aliphatic carbocycles. The first-order valence-electron chi connectivity index (χ1n) is 10.9. The van der Waals surface area contributed by atoms with Crippen LogP contribution < -0.4 is 5.32 Å². The highest BCUT2D eigenvalue weighted by molar-refractivity contribution is 6.08. The van der Waals surface area contributed by atoms with E-state index in [4.69, 9.17) is 14.1 Å². The molecule has 2 aromatic carbocycles. The number of benzene rings is 2. The first-order chi connectivity index (χ1) is 17.0. The van der Waals surface area contributed by atoms with Crippen LogP contribution in [-0.2, 0) is 16.0 Å². The number of carbonyl (C=O) groups excluding carboxylic acids is 2. The molecule has 0 radical (unpaired) electrons. The number of rotatable bonds is 6. The fourth-order valence-electron chi connectivity index (χ4n) is 4.19. The Morgan fingerprint density at radius 2 is 1.89 bits per heavy atom. The van der Waals surface area contributed by atoms with Crippen LogP contribution in [0.4, 0.5) is 11.4 Å². The average molecular weight is 469 g/mol. The number of esters is 1. The van der Waals surface area contributed by atoms with E-state index in [1.807, 2.05) is 30.3 Å². The monoisotopic (exact) mass is 469 g/mol. The van der Waals surface area contributed by atoms with Crippen LogP contribution in [0.1, 0.15) is 33.8 Å². The Labute approximate surface area is 199 Å². The maximum absolute atomic E-state index is 13.2. The predicted molar refractivity (Wildman–Crippen MR) is 129 cm³/mol. The molecule has 35 heavy (non-hydrogen) atoms. The van der Waals surface area contributed by atoms with Crippen molar-refractivity contribution < 1.29 is 23.7 Å². The summed E-state index contributed by atoms with van der Waals surface area (Å²) < 4.78 is 10.8. The molecule has 0 saturated heterocycles. The normalized spacial score (nSPS) is 13.5. The number of furan rings is 1. The summed E-state index contributed by atoms with van der Waals surface area (Å²) in [5.41, 5.74) is 3.19. The molecule has 9 heteroatoms. The Morgan fingerprint density at radius 3 is 2.69 bits per heavy atom. The highest BCUT2D eigenvalue weighted by Crippen LogP contribution is 2.37. The third-order valence-electron chi connectivity index (χ3n) is 5.71. The molecule has 9 nitrogen and oxygen atoms in total. The van der Waals surface area contributed by atoms with E-state index >= 15 is 0 Å². The van der Waals surface area contributed by atoms with Crippen molar-refractivity contribution in [2.45, 2.75) is 12.8 Å². The van der Waals surface area contributed by atoms with Crippen LogP contribution in [0.2, 0.25) is 0 Å². The molecule has 0 aliphatic heterocycles. The van der Waals surface area contributed by atoms with Gasteiger partial charge in [-0.1, -0.05) is 30.3 Å². The highest BCUT2D eigenvalue weighted by Gasteiger charge is 2.28. The molecule has 0 saturated carbocycles. The molecule has 0 spiro atoms. The van der Waals surface area contributed by atoms with E-state index in [9.17, 15) is 19.7 Å². The quantitative estimate of drug-likeness (QED) is 0.239. The number of hydrogen-bond acceptors (Lipinski definition) is 7. The minimum Gasteiger partial charge on any atom is -0.465 e. The van der Waals surface area contributed by atoms with E-state index in [0.717, 1.165) is 11.1 Å². The molecule has 174 valence electrons. The number of carbonyl (C=O) groups is 2. The molecule has 2 heterocycles. The lowest BCUT2D eigenvalue weighted by atomic mass is 10.0. The summed E-state index contributed by atoms with van der Waals surface area (Å²) >= 11 is 0. The number of amides is 1. The van der Waals surface area contributed by atoms with Gasteiger partial charge in [-0.3, -0.25) is 14.9 Å². The van der Waals surface area contributed by atoms with Gasteiger partial charge in [0, 0.05) is 11.5 Å². The molecule has 1 amide bonds. The number of allylic oxidation sites excluding steroid dienone is 1. The van der Waals surface area contributed by atoms with Crippen molar-refractivity contribution in [1.82, 2.24) is 4.98 Å². The number of aromatic nitrogens is 1. The van der Waals surface area contributed by atoms with Crippen LogP contribution in [0, 0.1) is 10.1 Å². The number of fused-ring (bicyclic) bond motifs is 2. The number of nitro benzene ring substituents is 1. The van der Waals surface area contributed by atoms with E-state index in [-0.39, 0.29) is 11.4 Å². The Morgan fingerprint density at radius 1 is 1.09 bits per heavy atom. The van der Waals surface area contributed by atoms with Gasteiger partial charge in [-0.2, -0.15) is 0 Å². The second kappa shape index (κ2) is 9.22. The molecule has 1 aliphatic rings. The fourth-order valence-corrected chi connectivity index (χ4v) is 4.19. The summed E-state index contributed by atoms with van der Waals surface area (Å²) in [5.74, 6) is -0.642. The van der Waals surface area contributed by atoms with Gasteiger partial charge in [0.1, 0.15) is 11.4 Å². The number of nitrogens with zero attached hydrogens (tertiary/aromatic N) is 2. The molecule has 0 atom stereocenters. The first-order valence-corrected chi connectivity index (χ1v) is 10.9. The molecule has 0 fully saturated rings. The third-order valence-corrected chi connectivity index (χ3v) is 5.71. The zero-order chi connectivity index (χ0) is 24.4. The second-order valence-electron chi connectivity index (χ2n) is 7.91. The van der Waals surface area contributed by atoms with Gasteiger partial charge in [-0.25, -0.2) is 9.78 Å². The number of ether oxygens (including phenoxy) is 1. The molecule has 5 rings (SSSR count). The van der Waals surface area contributed by atoms with E-state index in [0.29, 0.717) is 40.8 Å². The zero-order valence-corrected chi connectivity index (χ0v) is 18.4. The Bertz CT molecular complexity index is 1490. The Hall–Kier alpha value is -4.79. The van der Waals surface area contributed by atoms with Crippen molar-refractivity contribution in [2.75, 3.05) is 11.9 Å². The van der Waals surface area contributed by atoms with Gasteiger partial charge in [0.2, 0.25) is 0 Å². The number of anilines is 1. The van der Waals surface area contributed by atoms with Gasteiger partial charge < -0.3 is 14.5 Å². The van der Waals surface area contributed by atoms with Crippen molar-refractivity contribution in [2.24, 2.45) is 0 Å². The SMILES string of the molecule is O=C(COC(=O)c1c2c(nc3ccccc13)/C(=C/c1ccco1)CC2)Nc1ccccc1[N+](=O)[O-]. The zero-order valence-electron chi connectivity index (χ0n) is 18.4. The summed E-state index contributed by atoms with van der Waals surface area (Å²) in [7, 11) is 0. The van der Waals surface area contributed by atoms with Gasteiger partial charge in [0.15, 0.2) is 6.61 Å². The van der Waals surface area contributed by atoms with E-state index in [2.05, 4.69) is 5.32 Å². The molecule has 1 N–H and O–H groups in total. The maximum atomic E-state index is 13.2. The summed E-state index contributed by atoms with van der Waals surface area (Å²) in [5, 5.41) is 14.2. The molecule has 0 unspecified atom stereocenters. The van der Waals surface area contributed by atoms with Crippen molar-refractivity contribution in [1.29, 1.82) is 0 Å². The fraction of sp³-hybridized carbons (Fsp3) is 0.115. The van der Waals surface area contributed by atoms with Crippen molar-refractivity contribution in [3.05, 3.63) is 99.6 Å². The van der Waals surface area contributed by atoms with Gasteiger partial charge in [-0.15, -0.1) is 0 Å². The van der Waals surface area contributed by atoms with E-state index < -0.39 is 23.4 Å². The second-order valence-corrected chi connectivity index (χ2v) is 7.91. The summed E-state index contributed by atoms with van der Waals surface area (Å²) in [6, 6.07) is 16.6. The molecular weight excluding hydrogens is 450 g/mol. The Balaban J connectivity index is 1.41. The van der Waals surface area contributed by atoms with Crippen molar-refractivity contribution in [3.63, 3.8) is 0 Å². The Kier molecular flexibility index (Phi) is 5.80. The van der Waals surface area contributed by atoms with Gasteiger partial charge in [0.25, 0.3) is 11.6 Å². The van der Waals surface area contributed by atoms with E-state index in [1.165, 1.54) is 18.2 Å². The lowest BCUT2D eigenvalue weighted by molar-refractivity contribution is -0.383. The number of pyridine rings is 1. The standard InChI is InChI=1S/C26H19N3O6/c30-23(27-21-9-3-4-10-22(21)29(32)33)15-35-26(31)24-18-7-1-2-8-20(18)28-25-16(11-12-19(24)25)14-17-6-5-13-34-17/h1-10,13-14H,11-12,15H2,(H,27,30)/b16-14+. The minimum absolute atomic E-state index is 0.0292. The largest absolute Gasteiger partial charge is 0.465 e. The highest BCUT2D eigenvalue weighted by atomic mass is 16.6. The van der Waals surface area contributed by atoms with Gasteiger partial charge >= 0.3 is 5.97 Å². The molecular formula is C26H19N3O6. The van der Waals surface area contributed by atoms with Crippen LogP contribution in [-0.4, -0.2) is 28.4 Å². The summed E-state index contributed by atoms with van der Waals surface area (Å²) in [6.45, 7) is -0.592. The first kappa shape index (κ1) is 22.0. The number of hydrogen-bond donors (Lipinski definition) is 1. The van der Waals surface area contributed by atoms with Crippen LogP contribution in [0.3, 0.4) is 0 Å². The lowest BCUT2D eigenvalue weighted by Gasteiger charge is -2.12. The number of nitro groups is 1. The number of nitrogens with one attached hydrogen (secondary N) is 1. The lowest BCUT2D eigenvalue weighted by Crippen LogP contribution is -2.22. The minimum atomic E-state index is -0.680. The van der Waals surface area contributed by atoms with Crippen LogP contribution in [0.5, 0.6) is 0 Å². The number of para-hydroxylation sites is 3. The van der Waals surface area contributed by atoms with Gasteiger partial charge in [0.05, 0.1) is 28.0 Å².